The highest BCUT2D eigenvalue weighted by molar-refractivity contribution is 6.41. The summed E-state index contributed by atoms with van der Waals surface area (Å²) in [6.45, 7) is 0. The monoisotopic (exact) mass is 332 g/mol. The van der Waals surface area contributed by atoms with Crippen LogP contribution < -0.4 is 10.6 Å². The van der Waals surface area contributed by atoms with Gasteiger partial charge in [-0.1, -0.05) is 23.7 Å². The zero-order chi connectivity index (χ0) is 16.0. The lowest BCUT2D eigenvalue weighted by molar-refractivity contribution is -0.139. The average molecular weight is 333 g/mol. The molecular formula is C18H21ClN2O2. The number of benzene rings is 1. The third kappa shape index (κ3) is 2.85. The number of nitrogens with one attached hydrogen (secondary N) is 2. The minimum Gasteiger partial charge on any atom is -0.342 e. The van der Waals surface area contributed by atoms with Gasteiger partial charge in [0.2, 0.25) is 0 Å². The van der Waals surface area contributed by atoms with Crippen molar-refractivity contribution in [3.63, 3.8) is 0 Å². The third-order valence-corrected chi connectivity index (χ3v) is 6.07. The molecule has 0 radical (unpaired) electrons. The van der Waals surface area contributed by atoms with Gasteiger partial charge in [-0.2, -0.15) is 0 Å². The zero-order valence-electron chi connectivity index (χ0n) is 13.0. The van der Waals surface area contributed by atoms with E-state index in [1.165, 1.54) is 19.3 Å². The average Bonchev–Trinajstić information content (AvgIpc) is 2.47. The summed E-state index contributed by atoms with van der Waals surface area (Å²) in [5.74, 6) is 1.02. The maximum absolute atomic E-state index is 12.4. The molecule has 4 nitrogen and oxygen atoms in total. The van der Waals surface area contributed by atoms with Crippen LogP contribution in [0, 0.1) is 17.8 Å². The highest BCUT2D eigenvalue weighted by Gasteiger charge is 2.51. The molecule has 23 heavy (non-hydrogen) atoms. The number of para-hydroxylation sites is 1. The Morgan fingerprint density at radius 3 is 2.09 bits per heavy atom. The Labute approximate surface area is 141 Å². The predicted molar refractivity (Wildman–Crippen MR) is 89.1 cm³/mol. The number of hydrogen-bond acceptors (Lipinski definition) is 2. The molecule has 2 amide bonds. The number of rotatable bonds is 2. The maximum atomic E-state index is 12.4. The SMILES string of the molecule is O=C(Nc1ccccc1Cl)C(=O)NC12CC3CC(CC(C3)C1)C2. The van der Waals surface area contributed by atoms with E-state index in [4.69, 9.17) is 11.6 Å². The van der Waals surface area contributed by atoms with E-state index in [9.17, 15) is 9.59 Å². The van der Waals surface area contributed by atoms with Crippen molar-refractivity contribution in [3.8, 4) is 0 Å². The standard InChI is InChI=1S/C18H21ClN2O2/c19-14-3-1-2-4-15(14)20-16(22)17(23)21-18-8-11-5-12(9-18)7-13(6-11)10-18/h1-4,11-13H,5-10H2,(H,20,22)(H,21,23). The summed E-state index contributed by atoms with van der Waals surface area (Å²) in [7, 11) is 0. The highest BCUT2D eigenvalue weighted by atomic mass is 35.5. The molecule has 122 valence electrons. The fraction of sp³-hybridized carbons (Fsp3) is 0.556. The van der Waals surface area contributed by atoms with Gasteiger partial charge in [0.25, 0.3) is 0 Å². The van der Waals surface area contributed by atoms with Crippen LogP contribution in [0.3, 0.4) is 0 Å². The van der Waals surface area contributed by atoms with Crippen molar-refractivity contribution in [2.24, 2.45) is 17.8 Å². The van der Waals surface area contributed by atoms with Crippen LogP contribution in [0.5, 0.6) is 0 Å². The van der Waals surface area contributed by atoms with Crippen LogP contribution in [0.2, 0.25) is 5.02 Å². The summed E-state index contributed by atoms with van der Waals surface area (Å²) in [6, 6.07) is 6.94. The normalized spacial score (nSPS) is 34.2. The molecule has 0 spiro atoms. The molecule has 5 heteroatoms. The van der Waals surface area contributed by atoms with Gasteiger partial charge in [0.05, 0.1) is 10.7 Å². The first-order valence-electron chi connectivity index (χ1n) is 8.41. The Kier molecular flexibility index (Phi) is 3.60. The molecule has 0 aliphatic heterocycles. The summed E-state index contributed by atoms with van der Waals surface area (Å²) < 4.78 is 0. The topological polar surface area (TPSA) is 58.2 Å². The second-order valence-corrected chi connectivity index (χ2v) is 7.99. The Morgan fingerprint density at radius 2 is 1.52 bits per heavy atom. The van der Waals surface area contributed by atoms with Crippen molar-refractivity contribution in [2.45, 2.75) is 44.1 Å². The van der Waals surface area contributed by atoms with E-state index < -0.39 is 11.8 Å². The molecule has 0 unspecified atom stereocenters. The van der Waals surface area contributed by atoms with Gasteiger partial charge in [-0.15, -0.1) is 0 Å². The van der Waals surface area contributed by atoms with Gasteiger partial charge in [-0.05, 0) is 68.4 Å². The lowest BCUT2D eigenvalue weighted by Gasteiger charge is -2.56. The number of carbonyl (C=O) groups excluding carboxylic acids is 2. The van der Waals surface area contributed by atoms with Crippen molar-refractivity contribution < 1.29 is 9.59 Å². The number of carbonyl (C=O) groups is 2. The molecule has 4 aliphatic carbocycles. The van der Waals surface area contributed by atoms with Gasteiger partial charge in [0, 0.05) is 5.54 Å². The van der Waals surface area contributed by atoms with E-state index in [2.05, 4.69) is 10.6 Å². The molecule has 0 saturated heterocycles. The quantitative estimate of drug-likeness (QED) is 0.816. The summed E-state index contributed by atoms with van der Waals surface area (Å²) in [4.78, 5) is 24.6. The van der Waals surface area contributed by atoms with Crippen molar-refractivity contribution in [3.05, 3.63) is 29.3 Å². The summed E-state index contributed by atoms with van der Waals surface area (Å²) >= 11 is 6.03. The van der Waals surface area contributed by atoms with Gasteiger partial charge < -0.3 is 10.6 Å². The van der Waals surface area contributed by atoms with Gasteiger partial charge in [-0.25, -0.2) is 0 Å². The second kappa shape index (κ2) is 5.52. The van der Waals surface area contributed by atoms with Gasteiger partial charge in [-0.3, -0.25) is 9.59 Å². The van der Waals surface area contributed by atoms with Crippen LogP contribution in [-0.4, -0.2) is 17.4 Å². The fourth-order valence-electron chi connectivity index (χ4n) is 5.30. The first-order valence-corrected chi connectivity index (χ1v) is 8.79. The van der Waals surface area contributed by atoms with Crippen LogP contribution in [0.25, 0.3) is 0 Å². The molecule has 0 aromatic heterocycles. The first kappa shape index (κ1) is 15.0. The van der Waals surface area contributed by atoms with E-state index in [1.54, 1.807) is 24.3 Å². The highest BCUT2D eigenvalue weighted by Crippen LogP contribution is 2.55. The molecule has 5 rings (SSSR count). The first-order chi connectivity index (χ1) is 11.0. The van der Waals surface area contributed by atoms with Crippen LogP contribution in [0.1, 0.15) is 38.5 Å². The lowest BCUT2D eigenvalue weighted by Crippen LogP contribution is -2.61. The van der Waals surface area contributed by atoms with Crippen LogP contribution in [0.15, 0.2) is 24.3 Å². The number of hydrogen-bond donors (Lipinski definition) is 2. The summed E-state index contributed by atoms with van der Waals surface area (Å²) in [5, 5.41) is 6.11. The van der Waals surface area contributed by atoms with Crippen molar-refractivity contribution >= 4 is 29.1 Å². The fourth-order valence-corrected chi connectivity index (χ4v) is 5.49. The van der Waals surface area contributed by atoms with E-state index in [0.717, 1.165) is 37.0 Å². The smallest absolute Gasteiger partial charge is 0.313 e. The molecule has 1 aromatic rings. The van der Waals surface area contributed by atoms with E-state index in [0.29, 0.717) is 10.7 Å². The third-order valence-electron chi connectivity index (χ3n) is 5.75. The number of anilines is 1. The van der Waals surface area contributed by atoms with Crippen molar-refractivity contribution in [1.82, 2.24) is 5.32 Å². The molecule has 1 aromatic carbocycles. The molecule has 4 fully saturated rings. The zero-order valence-corrected chi connectivity index (χ0v) is 13.7. The van der Waals surface area contributed by atoms with Crippen LogP contribution in [0.4, 0.5) is 5.69 Å². The van der Waals surface area contributed by atoms with E-state index in [1.807, 2.05) is 0 Å². The molecule has 4 saturated carbocycles. The Balaban J connectivity index is 1.44. The van der Waals surface area contributed by atoms with Gasteiger partial charge in [0.15, 0.2) is 0 Å². The number of amides is 2. The molecular weight excluding hydrogens is 312 g/mol. The van der Waals surface area contributed by atoms with Crippen LogP contribution in [-0.2, 0) is 9.59 Å². The minimum atomic E-state index is -0.631. The van der Waals surface area contributed by atoms with Crippen LogP contribution >= 0.6 is 11.6 Å². The lowest BCUT2D eigenvalue weighted by atomic mass is 9.53. The van der Waals surface area contributed by atoms with Gasteiger partial charge in [0.1, 0.15) is 0 Å². The van der Waals surface area contributed by atoms with Crippen molar-refractivity contribution in [2.75, 3.05) is 5.32 Å². The molecule has 4 bridgehead atoms. The van der Waals surface area contributed by atoms with E-state index >= 15 is 0 Å². The molecule has 0 atom stereocenters. The number of halogens is 1. The summed E-state index contributed by atoms with van der Waals surface area (Å²) in [6.07, 6.45) is 7.02. The Bertz CT molecular complexity index is 623. The van der Waals surface area contributed by atoms with E-state index in [-0.39, 0.29) is 5.54 Å². The predicted octanol–water partition coefficient (Wildman–Crippen LogP) is 3.36. The summed E-state index contributed by atoms with van der Waals surface area (Å²) in [5.41, 5.74) is 0.323. The Hall–Kier alpha value is -1.55. The molecule has 4 aliphatic rings. The second-order valence-electron chi connectivity index (χ2n) is 7.59. The Morgan fingerprint density at radius 1 is 0.957 bits per heavy atom. The van der Waals surface area contributed by atoms with Gasteiger partial charge >= 0.3 is 11.8 Å². The minimum absolute atomic E-state index is 0.149. The molecule has 0 heterocycles. The largest absolute Gasteiger partial charge is 0.342 e. The van der Waals surface area contributed by atoms with Crippen molar-refractivity contribution in [1.29, 1.82) is 0 Å². The molecule has 2 N–H and O–H groups in total. The maximum Gasteiger partial charge on any atom is 0.313 e.